The van der Waals surface area contributed by atoms with Gasteiger partial charge in [-0.25, -0.2) is 8.78 Å². The highest BCUT2D eigenvalue weighted by Gasteiger charge is 2.29. The van der Waals surface area contributed by atoms with E-state index in [0.717, 1.165) is 0 Å². The van der Waals surface area contributed by atoms with E-state index in [2.05, 4.69) is 0 Å². The summed E-state index contributed by atoms with van der Waals surface area (Å²) in [6, 6.07) is 3.79. The molecule has 0 aromatic heterocycles. The van der Waals surface area contributed by atoms with Gasteiger partial charge >= 0.3 is 5.97 Å². The first-order valence-corrected chi connectivity index (χ1v) is 5.43. The molecule has 1 N–H and O–H groups in total. The van der Waals surface area contributed by atoms with Crippen molar-refractivity contribution in [2.24, 2.45) is 5.92 Å². The topological polar surface area (TPSA) is 40.5 Å². The first-order valence-electron chi connectivity index (χ1n) is 5.43. The molecule has 2 rings (SSSR count). The van der Waals surface area contributed by atoms with Crippen LogP contribution in [0.25, 0.3) is 0 Å². The Hall–Kier alpha value is -1.49. The molecule has 1 aliphatic rings. The van der Waals surface area contributed by atoms with Crippen LogP contribution in [0.3, 0.4) is 0 Å². The average molecular weight is 241 g/mol. The lowest BCUT2D eigenvalue weighted by atomic mass is 9.95. The largest absolute Gasteiger partial charge is 0.481 e. The fourth-order valence-electron chi connectivity index (χ4n) is 2.09. The van der Waals surface area contributed by atoms with Crippen LogP contribution in [0.4, 0.5) is 8.78 Å². The Labute approximate surface area is 97.7 Å². The summed E-state index contributed by atoms with van der Waals surface area (Å²) in [5, 5.41) is 8.57. The van der Waals surface area contributed by atoms with Crippen molar-refractivity contribution in [3.05, 3.63) is 35.4 Å². The lowest BCUT2D eigenvalue weighted by Crippen LogP contribution is -2.46. The first-order chi connectivity index (χ1) is 8.06. The molecular weight excluding hydrogens is 228 g/mol. The average Bonchev–Trinajstić information content (AvgIpc) is 2.18. The second-order valence-corrected chi connectivity index (χ2v) is 4.36. The maximum absolute atomic E-state index is 13.3. The van der Waals surface area contributed by atoms with Gasteiger partial charge in [0, 0.05) is 25.2 Å². The molecule has 0 unspecified atom stereocenters. The lowest BCUT2D eigenvalue weighted by Gasteiger charge is -2.38. The number of nitrogens with zero attached hydrogens (tertiary/aromatic N) is 1. The van der Waals surface area contributed by atoms with Gasteiger partial charge in [-0.3, -0.25) is 9.69 Å². The number of carbonyl (C=O) groups is 1. The van der Waals surface area contributed by atoms with Crippen LogP contribution in [-0.2, 0) is 11.3 Å². The molecule has 1 aliphatic heterocycles. The van der Waals surface area contributed by atoms with Gasteiger partial charge in [0.05, 0.1) is 6.42 Å². The Morgan fingerprint density at radius 2 is 1.94 bits per heavy atom. The molecule has 0 bridgehead atoms. The second-order valence-electron chi connectivity index (χ2n) is 4.36. The number of rotatable bonds is 4. The number of likely N-dealkylation sites (tertiary alicyclic amines) is 1. The Balaban J connectivity index is 1.90. The Bertz CT molecular complexity index is 410. The van der Waals surface area contributed by atoms with E-state index in [-0.39, 0.29) is 24.4 Å². The van der Waals surface area contributed by atoms with Gasteiger partial charge in [-0.05, 0) is 18.1 Å². The Kier molecular flexibility index (Phi) is 3.38. The summed E-state index contributed by atoms with van der Waals surface area (Å²) in [6.07, 6.45) is 0.121. The summed E-state index contributed by atoms with van der Waals surface area (Å²) >= 11 is 0. The number of benzene rings is 1. The van der Waals surface area contributed by atoms with Gasteiger partial charge in [0.25, 0.3) is 0 Å². The minimum atomic E-state index is -0.827. The van der Waals surface area contributed by atoms with Crippen molar-refractivity contribution < 1.29 is 18.7 Å². The monoisotopic (exact) mass is 241 g/mol. The van der Waals surface area contributed by atoms with Gasteiger partial charge in [-0.15, -0.1) is 0 Å². The van der Waals surface area contributed by atoms with E-state index in [1.54, 1.807) is 0 Å². The molecular formula is C12H13F2NO2. The molecule has 1 saturated heterocycles. The highest BCUT2D eigenvalue weighted by Crippen LogP contribution is 2.23. The zero-order valence-corrected chi connectivity index (χ0v) is 9.20. The highest BCUT2D eigenvalue weighted by molar-refractivity contribution is 5.67. The van der Waals surface area contributed by atoms with Crippen molar-refractivity contribution in [3.8, 4) is 0 Å². The minimum absolute atomic E-state index is 0.0567. The summed E-state index contributed by atoms with van der Waals surface area (Å²) in [4.78, 5) is 12.3. The second kappa shape index (κ2) is 4.79. The molecule has 0 aliphatic carbocycles. The van der Waals surface area contributed by atoms with Crippen LogP contribution in [0.2, 0.25) is 0 Å². The standard InChI is InChI=1S/C12H13F2NO2/c13-10-2-1-3-11(14)9(10)7-15-5-8(6-15)4-12(16)17/h1-3,8H,4-7H2,(H,16,17). The van der Waals surface area contributed by atoms with Crippen molar-refractivity contribution in [1.82, 2.24) is 4.90 Å². The van der Waals surface area contributed by atoms with Crippen LogP contribution in [0.15, 0.2) is 18.2 Å². The zero-order chi connectivity index (χ0) is 12.4. The lowest BCUT2D eigenvalue weighted by molar-refractivity contribution is -0.139. The molecule has 0 saturated carbocycles. The van der Waals surface area contributed by atoms with Crippen LogP contribution in [-0.4, -0.2) is 29.1 Å². The van der Waals surface area contributed by atoms with Crippen molar-refractivity contribution in [3.63, 3.8) is 0 Å². The van der Waals surface area contributed by atoms with E-state index in [4.69, 9.17) is 5.11 Å². The molecule has 3 nitrogen and oxygen atoms in total. The fraction of sp³-hybridized carbons (Fsp3) is 0.417. The highest BCUT2D eigenvalue weighted by atomic mass is 19.1. The number of hydrogen-bond acceptors (Lipinski definition) is 2. The SMILES string of the molecule is O=C(O)CC1CN(Cc2c(F)cccc2F)C1. The third-order valence-electron chi connectivity index (χ3n) is 2.94. The fourth-order valence-corrected chi connectivity index (χ4v) is 2.09. The summed E-state index contributed by atoms with van der Waals surface area (Å²) in [5.41, 5.74) is 0.0567. The molecule has 0 amide bonds. The van der Waals surface area contributed by atoms with Crippen LogP contribution < -0.4 is 0 Å². The van der Waals surface area contributed by atoms with Gasteiger partial charge in [0.15, 0.2) is 0 Å². The maximum Gasteiger partial charge on any atom is 0.303 e. The maximum atomic E-state index is 13.3. The van der Waals surface area contributed by atoms with Crippen molar-refractivity contribution in [2.45, 2.75) is 13.0 Å². The molecule has 0 radical (unpaired) electrons. The van der Waals surface area contributed by atoms with Gasteiger partial charge in [-0.2, -0.15) is 0 Å². The van der Waals surface area contributed by atoms with Crippen LogP contribution in [0.1, 0.15) is 12.0 Å². The number of carboxylic acid groups (broad SMARTS) is 1. The van der Waals surface area contributed by atoms with Crippen molar-refractivity contribution in [1.29, 1.82) is 0 Å². The molecule has 1 aromatic carbocycles. The van der Waals surface area contributed by atoms with E-state index in [1.807, 2.05) is 4.90 Å². The number of hydrogen-bond donors (Lipinski definition) is 1. The molecule has 1 aromatic rings. The predicted octanol–water partition coefficient (Wildman–Crippen LogP) is 1.87. The zero-order valence-electron chi connectivity index (χ0n) is 9.20. The summed E-state index contributed by atoms with van der Waals surface area (Å²) in [7, 11) is 0. The van der Waals surface area contributed by atoms with Crippen LogP contribution in [0.5, 0.6) is 0 Å². The number of carboxylic acids is 1. The number of aliphatic carboxylic acids is 1. The third-order valence-corrected chi connectivity index (χ3v) is 2.94. The molecule has 17 heavy (non-hydrogen) atoms. The Morgan fingerprint density at radius 3 is 2.47 bits per heavy atom. The first kappa shape index (κ1) is 12.0. The molecule has 1 heterocycles. The molecule has 0 atom stereocenters. The smallest absolute Gasteiger partial charge is 0.303 e. The third kappa shape index (κ3) is 2.79. The van der Waals surface area contributed by atoms with E-state index in [9.17, 15) is 13.6 Å². The van der Waals surface area contributed by atoms with E-state index >= 15 is 0 Å². The van der Waals surface area contributed by atoms with E-state index in [1.165, 1.54) is 18.2 Å². The molecule has 0 spiro atoms. The van der Waals surface area contributed by atoms with Gasteiger partial charge in [-0.1, -0.05) is 6.07 Å². The normalized spacial score (nSPS) is 16.8. The summed E-state index contributed by atoms with van der Waals surface area (Å²) in [5.74, 6) is -1.83. The number of halogens is 2. The van der Waals surface area contributed by atoms with Gasteiger partial charge in [0.2, 0.25) is 0 Å². The summed E-state index contributed by atoms with van der Waals surface area (Å²) < 4.78 is 26.6. The van der Waals surface area contributed by atoms with E-state index < -0.39 is 17.6 Å². The van der Waals surface area contributed by atoms with E-state index in [0.29, 0.717) is 13.1 Å². The van der Waals surface area contributed by atoms with Crippen molar-refractivity contribution in [2.75, 3.05) is 13.1 Å². The molecule has 1 fully saturated rings. The summed E-state index contributed by atoms with van der Waals surface area (Å²) in [6.45, 7) is 1.37. The molecule has 92 valence electrons. The molecule has 5 heteroatoms. The van der Waals surface area contributed by atoms with Crippen LogP contribution in [0, 0.1) is 17.6 Å². The van der Waals surface area contributed by atoms with Crippen LogP contribution >= 0.6 is 0 Å². The van der Waals surface area contributed by atoms with Gasteiger partial charge in [0.1, 0.15) is 11.6 Å². The van der Waals surface area contributed by atoms with Gasteiger partial charge < -0.3 is 5.11 Å². The predicted molar refractivity (Wildman–Crippen MR) is 57.4 cm³/mol. The Morgan fingerprint density at radius 1 is 1.35 bits per heavy atom. The van der Waals surface area contributed by atoms with Crippen molar-refractivity contribution >= 4 is 5.97 Å². The quantitative estimate of drug-likeness (QED) is 0.874. The minimum Gasteiger partial charge on any atom is -0.481 e.